The van der Waals surface area contributed by atoms with Gasteiger partial charge < -0.3 is 9.64 Å². The topological polar surface area (TPSA) is 56.6 Å². The maximum Gasteiger partial charge on any atom is 0.243 e. The lowest BCUT2D eigenvalue weighted by atomic mass is 9.74. The van der Waals surface area contributed by atoms with Crippen molar-refractivity contribution < 1.29 is 9.53 Å². The van der Waals surface area contributed by atoms with Crippen LogP contribution in [0.3, 0.4) is 0 Å². The van der Waals surface area contributed by atoms with E-state index in [-0.39, 0.29) is 5.91 Å². The standard InChI is InChI=1S/C18H29N3O2/c1-2-15-12-21(13-16(15)20-8-10-23-11-9-20)17(22)18(14-19)6-4-3-5-7-18/h15-16H,2-13H2,1H3/t15-,16-/m1/s1. The van der Waals surface area contributed by atoms with Gasteiger partial charge in [-0.25, -0.2) is 0 Å². The van der Waals surface area contributed by atoms with Crippen LogP contribution in [0.5, 0.6) is 0 Å². The van der Waals surface area contributed by atoms with Crippen molar-refractivity contribution in [3.05, 3.63) is 0 Å². The molecule has 5 nitrogen and oxygen atoms in total. The molecule has 0 bridgehead atoms. The highest BCUT2D eigenvalue weighted by molar-refractivity contribution is 5.86. The van der Waals surface area contributed by atoms with Crippen LogP contribution in [0.25, 0.3) is 0 Å². The third kappa shape index (κ3) is 3.25. The fraction of sp³-hybridized carbons (Fsp3) is 0.889. The van der Waals surface area contributed by atoms with E-state index in [2.05, 4.69) is 17.9 Å². The molecular weight excluding hydrogens is 290 g/mol. The van der Waals surface area contributed by atoms with E-state index in [9.17, 15) is 10.1 Å². The summed E-state index contributed by atoms with van der Waals surface area (Å²) >= 11 is 0. The van der Waals surface area contributed by atoms with E-state index in [4.69, 9.17) is 4.74 Å². The largest absolute Gasteiger partial charge is 0.379 e. The van der Waals surface area contributed by atoms with E-state index >= 15 is 0 Å². The number of hydrogen-bond acceptors (Lipinski definition) is 4. The fourth-order valence-corrected chi connectivity index (χ4v) is 4.58. The Balaban J connectivity index is 1.70. The van der Waals surface area contributed by atoms with Gasteiger partial charge in [0.25, 0.3) is 0 Å². The van der Waals surface area contributed by atoms with Crippen molar-refractivity contribution in [3.8, 4) is 6.07 Å². The lowest BCUT2D eigenvalue weighted by molar-refractivity contribution is -0.139. The van der Waals surface area contributed by atoms with E-state index in [0.717, 1.165) is 77.9 Å². The quantitative estimate of drug-likeness (QED) is 0.799. The molecule has 0 N–H and O–H groups in total. The molecule has 1 aliphatic carbocycles. The molecule has 0 radical (unpaired) electrons. The average Bonchev–Trinajstić information content (AvgIpc) is 3.06. The Kier molecular flexibility index (Phi) is 5.23. The molecule has 0 spiro atoms. The smallest absolute Gasteiger partial charge is 0.243 e. The molecule has 1 amide bonds. The summed E-state index contributed by atoms with van der Waals surface area (Å²) in [6.07, 6.45) is 5.76. The summed E-state index contributed by atoms with van der Waals surface area (Å²) < 4.78 is 5.47. The summed E-state index contributed by atoms with van der Waals surface area (Å²) in [6.45, 7) is 7.35. The summed E-state index contributed by atoms with van der Waals surface area (Å²) in [5.74, 6) is 0.630. The number of likely N-dealkylation sites (tertiary alicyclic amines) is 1. The molecule has 0 unspecified atom stereocenters. The minimum Gasteiger partial charge on any atom is -0.379 e. The van der Waals surface area contributed by atoms with Crippen molar-refractivity contribution in [1.82, 2.24) is 9.80 Å². The summed E-state index contributed by atoms with van der Waals surface area (Å²) in [5, 5.41) is 9.69. The predicted molar refractivity (Wildman–Crippen MR) is 87.7 cm³/mol. The summed E-state index contributed by atoms with van der Waals surface area (Å²) in [6, 6.07) is 2.83. The molecule has 128 valence electrons. The molecule has 0 aromatic rings. The molecule has 3 fully saturated rings. The average molecular weight is 319 g/mol. The summed E-state index contributed by atoms with van der Waals surface area (Å²) in [7, 11) is 0. The van der Waals surface area contributed by atoms with Crippen molar-refractivity contribution >= 4 is 5.91 Å². The Bertz CT molecular complexity index is 461. The van der Waals surface area contributed by atoms with Crippen LogP contribution >= 0.6 is 0 Å². The highest BCUT2D eigenvalue weighted by atomic mass is 16.5. The minimum absolute atomic E-state index is 0.105. The summed E-state index contributed by atoms with van der Waals surface area (Å²) in [5.41, 5.74) is -0.740. The Labute approximate surface area is 139 Å². The fourth-order valence-electron chi connectivity index (χ4n) is 4.58. The van der Waals surface area contributed by atoms with E-state index in [1.807, 2.05) is 4.90 Å². The molecule has 23 heavy (non-hydrogen) atoms. The van der Waals surface area contributed by atoms with Gasteiger partial charge in [0.05, 0.1) is 19.3 Å². The third-order valence-corrected chi connectivity index (χ3v) is 6.06. The molecule has 3 rings (SSSR count). The lowest BCUT2D eigenvalue weighted by Crippen LogP contribution is -2.48. The van der Waals surface area contributed by atoms with Gasteiger partial charge in [-0.2, -0.15) is 5.26 Å². The number of hydrogen-bond donors (Lipinski definition) is 0. The molecule has 5 heteroatoms. The van der Waals surface area contributed by atoms with Crippen LogP contribution in [0.1, 0.15) is 45.4 Å². The monoisotopic (exact) mass is 319 g/mol. The molecule has 1 saturated carbocycles. The molecule has 0 aromatic heterocycles. The first-order chi connectivity index (χ1) is 11.2. The molecular formula is C18H29N3O2. The predicted octanol–water partition coefficient (Wildman–Crippen LogP) is 2.03. The van der Waals surface area contributed by atoms with E-state index in [1.165, 1.54) is 0 Å². The molecule has 3 aliphatic rings. The zero-order chi connectivity index (χ0) is 16.3. The third-order valence-electron chi connectivity index (χ3n) is 6.06. The van der Waals surface area contributed by atoms with E-state index in [0.29, 0.717) is 12.0 Å². The van der Waals surface area contributed by atoms with Crippen LogP contribution in [-0.4, -0.2) is 61.1 Å². The molecule has 2 heterocycles. The van der Waals surface area contributed by atoms with Gasteiger partial charge in [-0.1, -0.05) is 32.6 Å². The Morgan fingerprint density at radius 3 is 2.52 bits per heavy atom. The second-order valence-electron chi connectivity index (χ2n) is 7.35. The zero-order valence-corrected chi connectivity index (χ0v) is 14.3. The van der Waals surface area contributed by atoms with Gasteiger partial charge in [-0.3, -0.25) is 9.69 Å². The number of nitrogens with zero attached hydrogens (tertiary/aromatic N) is 3. The van der Waals surface area contributed by atoms with Gasteiger partial charge in [0.2, 0.25) is 5.91 Å². The second kappa shape index (κ2) is 7.19. The van der Waals surface area contributed by atoms with Gasteiger partial charge in [-0.05, 0) is 18.8 Å². The van der Waals surface area contributed by atoms with Gasteiger partial charge in [0.1, 0.15) is 5.41 Å². The van der Waals surface area contributed by atoms with Crippen LogP contribution in [-0.2, 0) is 9.53 Å². The first-order valence-corrected chi connectivity index (χ1v) is 9.22. The highest BCUT2D eigenvalue weighted by Crippen LogP contribution is 2.39. The zero-order valence-electron chi connectivity index (χ0n) is 14.3. The molecule has 0 aromatic carbocycles. The normalized spacial score (nSPS) is 31.7. The minimum atomic E-state index is -0.740. The number of carbonyl (C=O) groups is 1. The number of ether oxygens (including phenoxy) is 1. The number of amides is 1. The van der Waals surface area contributed by atoms with E-state index in [1.54, 1.807) is 0 Å². The van der Waals surface area contributed by atoms with Crippen LogP contribution < -0.4 is 0 Å². The van der Waals surface area contributed by atoms with Crippen LogP contribution in [0.15, 0.2) is 0 Å². The number of carbonyl (C=O) groups excluding carboxylic acids is 1. The van der Waals surface area contributed by atoms with Crippen molar-refractivity contribution in [2.24, 2.45) is 11.3 Å². The van der Waals surface area contributed by atoms with Crippen molar-refractivity contribution in [1.29, 1.82) is 5.26 Å². The maximum atomic E-state index is 13.1. The molecule has 2 aliphatic heterocycles. The van der Waals surface area contributed by atoms with Crippen LogP contribution in [0.4, 0.5) is 0 Å². The number of nitriles is 1. The lowest BCUT2D eigenvalue weighted by Gasteiger charge is -2.35. The SMILES string of the molecule is CC[C@@H]1CN(C(=O)C2(C#N)CCCCC2)C[C@H]1N1CCOCC1. The number of morpholine rings is 1. The van der Waals surface area contributed by atoms with Crippen LogP contribution in [0.2, 0.25) is 0 Å². The number of rotatable bonds is 3. The highest BCUT2D eigenvalue weighted by Gasteiger charge is 2.46. The van der Waals surface area contributed by atoms with Gasteiger partial charge in [0.15, 0.2) is 0 Å². The van der Waals surface area contributed by atoms with Crippen molar-refractivity contribution in [2.45, 2.75) is 51.5 Å². The first-order valence-electron chi connectivity index (χ1n) is 9.22. The van der Waals surface area contributed by atoms with Gasteiger partial charge in [-0.15, -0.1) is 0 Å². The van der Waals surface area contributed by atoms with Crippen molar-refractivity contribution in [3.63, 3.8) is 0 Å². The second-order valence-corrected chi connectivity index (χ2v) is 7.35. The van der Waals surface area contributed by atoms with E-state index < -0.39 is 5.41 Å². The molecule has 2 atom stereocenters. The Morgan fingerprint density at radius 2 is 1.91 bits per heavy atom. The van der Waals surface area contributed by atoms with Crippen molar-refractivity contribution in [2.75, 3.05) is 39.4 Å². The van der Waals surface area contributed by atoms with Gasteiger partial charge in [0, 0.05) is 32.2 Å². The van der Waals surface area contributed by atoms with Gasteiger partial charge >= 0.3 is 0 Å². The molecule has 2 saturated heterocycles. The summed E-state index contributed by atoms with van der Waals surface area (Å²) in [4.78, 5) is 17.6. The van der Waals surface area contributed by atoms with Crippen LogP contribution in [0, 0.1) is 22.7 Å². The Morgan fingerprint density at radius 1 is 1.22 bits per heavy atom. The maximum absolute atomic E-state index is 13.1. The Hall–Kier alpha value is -1.12. The first kappa shape index (κ1) is 16.7.